The molecule has 0 fully saturated rings. The van der Waals surface area contributed by atoms with E-state index in [1.54, 1.807) is 18.4 Å². The van der Waals surface area contributed by atoms with Crippen molar-refractivity contribution in [1.82, 2.24) is 4.98 Å². The zero-order valence-electron chi connectivity index (χ0n) is 9.11. The van der Waals surface area contributed by atoms with E-state index in [9.17, 15) is 9.59 Å². The number of nitriles is 2. The number of aromatic amines is 1. The summed E-state index contributed by atoms with van der Waals surface area (Å²) in [6, 6.07) is 3.02. The molecule has 0 radical (unpaired) electrons. The monoisotopic (exact) mass is 247 g/mol. The van der Waals surface area contributed by atoms with Crippen molar-refractivity contribution in [2.24, 2.45) is 0 Å². The van der Waals surface area contributed by atoms with Gasteiger partial charge >= 0.3 is 0 Å². The Morgan fingerprint density at radius 3 is 2.76 bits per heavy atom. The van der Waals surface area contributed by atoms with Gasteiger partial charge in [0.15, 0.2) is 5.78 Å². The number of aryl methyl sites for hydroxylation is 1. The molecule has 0 saturated heterocycles. The second kappa shape index (κ2) is 5.88. The number of rotatable bonds is 4. The van der Waals surface area contributed by atoms with Crippen molar-refractivity contribution in [3.63, 3.8) is 0 Å². The average molecular weight is 247 g/mol. The minimum Gasteiger partial charge on any atom is -0.324 e. The van der Waals surface area contributed by atoms with Gasteiger partial charge in [-0.05, 0) is 24.2 Å². The van der Waals surface area contributed by atoms with Crippen molar-refractivity contribution < 1.29 is 4.79 Å². The van der Waals surface area contributed by atoms with E-state index in [1.807, 2.05) is 0 Å². The molecule has 0 aliphatic rings. The first-order valence-corrected chi connectivity index (χ1v) is 5.83. The predicted molar refractivity (Wildman–Crippen MR) is 63.6 cm³/mol. The number of carbonyl (C=O) groups is 1. The van der Waals surface area contributed by atoms with Gasteiger partial charge in [0, 0.05) is 11.3 Å². The standard InChI is InChI=1S/C11H9N3O2S/c1-2-9-8(10(15)5-17-6-13)3-7(4-12)11(16)14-9/h3H,2,5H2,1H3,(H,14,16). The highest BCUT2D eigenvalue weighted by Gasteiger charge is 2.14. The quantitative estimate of drug-likeness (QED) is 0.637. The van der Waals surface area contributed by atoms with Crippen LogP contribution in [0.3, 0.4) is 0 Å². The Hall–Kier alpha value is -2.05. The molecule has 0 aromatic carbocycles. The van der Waals surface area contributed by atoms with Gasteiger partial charge in [-0.25, -0.2) is 0 Å². The largest absolute Gasteiger partial charge is 0.324 e. The summed E-state index contributed by atoms with van der Waals surface area (Å²) in [7, 11) is 0. The van der Waals surface area contributed by atoms with Crippen molar-refractivity contribution in [3.8, 4) is 11.5 Å². The van der Waals surface area contributed by atoms with Crippen LogP contribution in [-0.2, 0) is 6.42 Å². The molecule has 5 nitrogen and oxygen atoms in total. The van der Waals surface area contributed by atoms with Gasteiger partial charge in [-0.3, -0.25) is 9.59 Å². The first kappa shape index (κ1) is 13.0. The lowest BCUT2D eigenvalue weighted by Gasteiger charge is -2.05. The van der Waals surface area contributed by atoms with Crippen molar-refractivity contribution >= 4 is 17.5 Å². The lowest BCUT2D eigenvalue weighted by molar-refractivity contribution is 0.102. The van der Waals surface area contributed by atoms with Crippen LogP contribution in [-0.4, -0.2) is 16.5 Å². The fourth-order valence-electron chi connectivity index (χ4n) is 1.35. The third-order valence-corrected chi connectivity index (χ3v) is 2.70. The van der Waals surface area contributed by atoms with Crippen LogP contribution >= 0.6 is 11.8 Å². The number of nitrogens with zero attached hydrogens (tertiary/aromatic N) is 2. The number of pyridine rings is 1. The molecule has 1 aromatic heterocycles. The van der Waals surface area contributed by atoms with Gasteiger partial charge in [0.25, 0.3) is 5.56 Å². The first-order valence-electron chi connectivity index (χ1n) is 4.84. The van der Waals surface area contributed by atoms with Crippen LogP contribution in [0.25, 0.3) is 0 Å². The van der Waals surface area contributed by atoms with Crippen LogP contribution < -0.4 is 5.56 Å². The number of thiocyanates is 1. The average Bonchev–Trinajstić information content (AvgIpc) is 2.35. The molecule has 0 saturated carbocycles. The Morgan fingerprint density at radius 2 is 2.24 bits per heavy atom. The van der Waals surface area contributed by atoms with Gasteiger partial charge in [-0.1, -0.05) is 6.92 Å². The van der Waals surface area contributed by atoms with Gasteiger partial charge in [0.1, 0.15) is 17.0 Å². The molecule has 0 unspecified atom stereocenters. The number of carbonyl (C=O) groups excluding carboxylic acids is 1. The lowest BCUT2D eigenvalue weighted by atomic mass is 10.1. The molecule has 1 aromatic rings. The summed E-state index contributed by atoms with van der Waals surface area (Å²) >= 11 is 0.829. The second-order valence-corrected chi connectivity index (χ2v) is 3.93. The van der Waals surface area contributed by atoms with E-state index < -0.39 is 5.56 Å². The van der Waals surface area contributed by atoms with Crippen LogP contribution in [0.15, 0.2) is 10.9 Å². The maximum Gasteiger partial charge on any atom is 0.266 e. The zero-order chi connectivity index (χ0) is 12.8. The van der Waals surface area contributed by atoms with Crippen molar-refractivity contribution in [1.29, 1.82) is 10.5 Å². The van der Waals surface area contributed by atoms with Crippen LogP contribution in [0.4, 0.5) is 0 Å². The molecule has 0 aliphatic carbocycles. The molecule has 6 heteroatoms. The molecule has 1 heterocycles. The SMILES string of the molecule is CCc1[nH]c(=O)c(C#N)cc1C(=O)CSC#N. The normalized spacial score (nSPS) is 9.35. The number of thioether (sulfide) groups is 1. The Balaban J connectivity index is 3.23. The Labute approximate surface area is 102 Å². The maximum atomic E-state index is 11.8. The van der Waals surface area contributed by atoms with Gasteiger partial charge in [0.2, 0.25) is 0 Å². The number of ketones is 1. The minimum atomic E-state index is -0.492. The summed E-state index contributed by atoms with van der Waals surface area (Å²) < 4.78 is 0. The number of hydrogen-bond acceptors (Lipinski definition) is 5. The Kier molecular flexibility index (Phi) is 4.50. The molecule has 0 atom stereocenters. The highest BCUT2D eigenvalue weighted by Crippen LogP contribution is 2.11. The van der Waals surface area contributed by atoms with E-state index in [0.717, 1.165) is 11.8 Å². The Bertz CT molecular complexity index is 578. The maximum absolute atomic E-state index is 11.8. The van der Waals surface area contributed by atoms with Crippen LogP contribution in [0.2, 0.25) is 0 Å². The lowest BCUT2D eigenvalue weighted by Crippen LogP contribution is -2.18. The number of Topliss-reactive ketones (excluding diaryl/α,β-unsaturated/α-hetero) is 1. The number of hydrogen-bond donors (Lipinski definition) is 1. The van der Waals surface area contributed by atoms with E-state index in [1.165, 1.54) is 6.07 Å². The van der Waals surface area contributed by atoms with Crippen molar-refractivity contribution in [2.45, 2.75) is 13.3 Å². The molecule has 0 bridgehead atoms. The predicted octanol–water partition coefficient (Wildman–Crippen LogP) is 1.21. The Morgan fingerprint density at radius 1 is 1.53 bits per heavy atom. The van der Waals surface area contributed by atoms with Crippen molar-refractivity contribution in [2.75, 3.05) is 5.75 Å². The summed E-state index contributed by atoms with van der Waals surface area (Å²) in [5, 5.41) is 18.9. The summed E-state index contributed by atoms with van der Waals surface area (Å²) in [5.41, 5.74) is 0.227. The van der Waals surface area contributed by atoms with Crippen LogP contribution in [0, 0.1) is 22.0 Å². The zero-order valence-corrected chi connectivity index (χ0v) is 9.93. The molecule has 17 heavy (non-hydrogen) atoms. The molecule has 86 valence electrons. The van der Waals surface area contributed by atoms with Crippen molar-refractivity contribution in [3.05, 3.63) is 33.2 Å². The number of nitrogens with one attached hydrogen (secondary N) is 1. The third kappa shape index (κ3) is 2.96. The summed E-state index contributed by atoms with van der Waals surface area (Å²) in [4.78, 5) is 25.6. The van der Waals surface area contributed by atoms with E-state index in [0.29, 0.717) is 17.7 Å². The number of H-pyrrole nitrogens is 1. The summed E-state index contributed by atoms with van der Waals surface area (Å²) in [6.45, 7) is 1.80. The molecule has 0 aliphatic heterocycles. The topological polar surface area (TPSA) is 97.5 Å². The fourth-order valence-corrected chi connectivity index (χ4v) is 1.71. The molecule has 0 spiro atoms. The molecule has 0 amide bonds. The smallest absolute Gasteiger partial charge is 0.266 e. The molecular weight excluding hydrogens is 238 g/mol. The molecule has 1 rings (SSSR count). The van der Waals surface area contributed by atoms with Crippen LogP contribution in [0.1, 0.15) is 28.5 Å². The van der Waals surface area contributed by atoms with E-state index in [4.69, 9.17) is 10.5 Å². The summed E-state index contributed by atoms with van der Waals surface area (Å²) in [6.07, 6.45) is 0.485. The van der Waals surface area contributed by atoms with Gasteiger partial charge < -0.3 is 4.98 Å². The fraction of sp³-hybridized carbons (Fsp3) is 0.273. The highest BCUT2D eigenvalue weighted by molar-refractivity contribution is 8.04. The van der Waals surface area contributed by atoms with E-state index in [2.05, 4.69) is 4.98 Å². The highest BCUT2D eigenvalue weighted by atomic mass is 32.2. The summed E-state index contributed by atoms with van der Waals surface area (Å²) in [5.74, 6) is -0.249. The number of aromatic nitrogens is 1. The molecular formula is C11H9N3O2S. The van der Waals surface area contributed by atoms with Crippen LogP contribution in [0.5, 0.6) is 0 Å². The van der Waals surface area contributed by atoms with Gasteiger partial charge in [0.05, 0.1) is 5.75 Å². The molecule has 1 N–H and O–H groups in total. The second-order valence-electron chi connectivity index (χ2n) is 3.17. The van der Waals surface area contributed by atoms with E-state index in [-0.39, 0.29) is 17.1 Å². The minimum absolute atomic E-state index is 0.0143. The van der Waals surface area contributed by atoms with E-state index >= 15 is 0 Å². The third-order valence-electron chi connectivity index (χ3n) is 2.17. The first-order chi connectivity index (χ1) is 8.13. The van der Waals surface area contributed by atoms with Gasteiger partial charge in [-0.2, -0.15) is 10.5 Å². The van der Waals surface area contributed by atoms with Gasteiger partial charge in [-0.15, -0.1) is 0 Å².